The molecular formula is C13H13FN2O3. The second-order valence-electron chi connectivity index (χ2n) is 4.03. The summed E-state index contributed by atoms with van der Waals surface area (Å²) < 4.78 is 20.4. The summed E-state index contributed by atoms with van der Waals surface area (Å²) in [5.41, 5.74) is -0.132. The van der Waals surface area contributed by atoms with Gasteiger partial charge in [0.2, 0.25) is 0 Å². The van der Waals surface area contributed by atoms with Crippen molar-refractivity contribution in [2.75, 3.05) is 6.61 Å². The van der Waals surface area contributed by atoms with Gasteiger partial charge in [0.1, 0.15) is 17.4 Å². The van der Waals surface area contributed by atoms with Crippen molar-refractivity contribution in [2.45, 2.75) is 6.42 Å². The van der Waals surface area contributed by atoms with Gasteiger partial charge < -0.3 is 14.4 Å². The first-order chi connectivity index (χ1) is 9.06. The first-order valence-electron chi connectivity index (χ1n) is 5.69. The Kier molecular flexibility index (Phi) is 3.79. The van der Waals surface area contributed by atoms with Crippen LogP contribution in [0.4, 0.5) is 4.39 Å². The van der Waals surface area contributed by atoms with Crippen molar-refractivity contribution in [3.63, 3.8) is 0 Å². The van der Waals surface area contributed by atoms with Gasteiger partial charge in [0, 0.05) is 31.9 Å². The van der Waals surface area contributed by atoms with Gasteiger partial charge in [-0.05, 0) is 12.1 Å². The SMILES string of the molecule is Cn1ccnc1CCOc1cc(F)cc(C(=O)O)c1. The number of rotatable bonds is 5. The van der Waals surface area contributed by atoms with Crippen LogP contribution < -0.4 is 4.74 Å². The summed E-state index contributed by atoms with van der Waals surface area (Å²) in [5, 5.41) is 8.81. The van der Waals surface area contributed by atoms with E-state index in [9.17, 15) is 9.18 Å². The minimum absolute atomic E-state index is 0.132. The molecular weight excluding hydrogens is 251 g/mol. The minimum atomic E-state index is -1.19. The number of hydrogen-bond donors (Lipinski definition) is 1. The first-order valence-corrected chi connectivity index (χ1v) is 5.69. The molecule has 2 aromatic rings. The van der Waals surface area contributed by atoms with Crippen LogP contribution in [0.1, 0.15) is 16.2 Å². The lowest BCUT2D eigenvalue weighted by Crippen LogP contribution is -2.07. The van der Waals surface area contributed by atoms with Crippen LogP contribution in [0.5, 0.6) is 5.75 Å². The zero-order chi connectivity index (χ0) is 13.8. The smallest absolute Gasteiger partial charge is 0.335 e. The van der Waals surface area contributed by atoms with E-state index in [-0.39, 0.29) is 11.3 Å². The van der Waals surface area contributed by atoms with Gasteiger partial charge in [-0.1, -0.05) is 0 Å². The van der Waals surface area contributed by atoms with E-state index in [0.29, 0.717) is 13.0 Å². The maximum atomic E-state index is 13.2. The largest absolute Gasteiger partial charge is 0.493 e. The van der Waals surface area contributed by atoms with Crippen molar-refractivity contribution in [1.82, 2.24) is 9.55 Å². The molecule has 0 radical (unpaired) electrons. The molecule has 0 saturated heterocycles. The summed E-state index contributed by atoms with van der Waals surface area (Å²) in [7, 11) is 1.87. The van der Waals surface area contributed by atoms with E-state index < -0.39 is 11.8 Å². The van der Waals surface area contributed by atoms with Gasteiger partial charge in [0.05, 0.1) is 12.2 Å². The third-order valence-corrected chi connectivity index (χ3v) is 2.63. The van der Waals surface area contributed by atoms with Gasteiger partial charge in [0.25, 0.3) is 0 Å². The summed E-state index contributed by atoms with van der Waals surface area (Å²) in [5.74, 6) is -0.776. The highest BCUT2D eigenvalue weighted by Gasteiger charge is 2.08. The van der Waals surface area contributed by atoms with E-state index in [2.05, 4.69) is 4.98 Å². The molecule has 19 heavy (non-hydrogen) atoms. The van der Waals surface area contributed by atoms with Gasteiger partial charge in [-0.3, -0.25) is 0 Å². The second-order valence-corrected chi connectivity index (χ2v) is 4.03. The van der Waals surface area contributed by atoms with Crippen molar-refractivity contribution in [1.29, 1.82) is 0 Å². The van der Waals surface area contributed by atoms with E-state index >= 15 is 0 Å². The van der Waals surface area contributed by atoms with E-state index in [1.165, 1.54) is 6.07 Å². The summed E-state index contributed by atoms with van der Waals surface area (Å²) >= 11 is 0. The highest BCUT2D eigenvalue weighted by atomic mass is 19.1. The number of carbonyl (C=O) groups is 1. The molecule has 0 aliphatic heterocycles. The van der Waals surface area contributed by atoms with Crippen molar-refractivity contribution in [3.05, 3.63) is 47.8 Å². The Morgan fingerprint density at radius 2 is 2.26 bits per heavy atom. The molecule has 6 heteroatoms. The molecule has 0 aliphatic rings. The summed E-state index contributed by atoms with van der Waals surface area (Å²) in [4.78, 5) is 14.9. The molecule has 1 aromatic heterocycles. The number of aryl methyl sites for hydroxylation is 1. The third kappa shape index (κ3) is 3.31. The van der Waals surface area contributed by atoms with Gasteiger partial charge in [0.15, 0.2) is 0 Å². The molecule has 5 nitrogen and oxygen atoms in total. The summed E-state index contributed by atoms with van der Waals surface area (Å²) in [6.45, 7) is 0.299. The molecule has 0 aliphatic carbocycles. The number of nitrogens with zero attached hydrogens (tertiary/aromatic N) is 2. The molecule has 1 aromatic carbocycles. The summed E-state index contributed by atoms with van der Waals surface area (Å²) in [6, 6.07) is 3.41. The predicted molar refractivity (Wildman–Crippen MR) is 65.8 cm³/mol. The van der Waals surface area contributed by atoms with E-state index in [0.717, 1.165) is 18.0 Å². The molecule has 0 spiro atoms. The maximum absolute atomic E-state index is 13.2. The Balaban J connectivity index is 2.00. The number of aromatic nitrogens is 2. The van der Waals surface area contributed by atoms with Crippen LogP contribution in [-0.4, -0.2) is 27.2 Å². The molecule has 0 fully saturated rings. The van der Waals surface area contributed by atoms with E-state index in [4.69, 9.17) is 9.84 Å². The third-order valence-electron chi connectivity index (χ3n) is 2.63. The monoisotopic (exact) mass is 264 g/mol. The topological polar surface area (TPSA) is 64.4 Å². The number of carboxylic acid groups (broad SMARTS) is 1. The molecule has 1 heterocycles. The van der Waals surface area contributed by atoms with Crippen LogP contribution >= 0.6 is 0 Å². The van der Waals surface area contributed by atoms with E-state index in [1.807, 2.05) is 17.8 Å². The number of halogens is 1. The molecule has 0 atom stereocenters. The highest BCUT2D eigenvalue weighted by molar-refractivity contribution is 5.88. The Morgan fingerprint density at radius 1 is 1.47 bits per heavy atom. The maximum Gasteiger partial charge on any atom is 0.335 e. The molecule has 2 rings (SSSR count). The van der Waals surface area contributed by atoms with Crippen molar-refractivity contribution < 1.29 is 19.0 Å². The van der Waals surface area contributed by atoms with Gasteiger partial charge in [-0.2, -0.15) is 0 Å². The molecule has 1 N–H and O–H groups in total. The number of ether oxygens (including phenoxy) is 1. The number of hydrogen-bond acceptors (Lipinski definition) is 3. The lowest BCUT2D eigenvalue weighted by Gasteiger charge is -2.07. The average Bonchev–Trinajstić information content (AvgIpc) is 2.74. The molecule has 0 saturated carbocycles. The number of aromatic carboxylic acids is 1. The van der Waals surface area contributed by atoms with E-state index in [1.54, 1.807) is 6.20 Å². The van der Waals surface area contributed by atoms with Gasteiger partial charge in [-0.25, -0.2) is 14.2 Å². The molecule has 0 bridgehead atoms. The van der Waals surface area contributed by atoms with Crippen LogP contribution in [0, 0.1) is 5.82 Å². The Labute approximate surface area is 109 Å². The quantitative estimate of drug-likeness (QED) is 0.895. The van der Waals surface area contributed by atoms with Crippen molar-refractivity contribution in [2.24, 2.45) is 7.05 Å². The van der Waals surface area contributed by atoms with Crippen LogP contribution in [0.3, 0.4) is 0 Å². The van der Waals surface area contributed by atoms with Crippen LogP contribution in [0.15, 0.2) is 30.6 Å². The molecule has 0 unspecified atom stereocenters. The normalized spacial score (nSPS) is 10.4. The fourth-order valence-corrected chi connectivity index (χ4v) is 1.67. The minimum Gasteiger partial charge on any atom is -0.493 e. The first kappa shape index (κ1) is 13.1. The number of carboxylic acids is 1. The lowest BCUT2D eigenvalue weighted by molar-refractivity contribution is 0.0695. The Morgan fingerprint density at radius 3 is 2.89 bits per heavy atom. The van der Waals surface area contributed by atoms with Crippen LogP contribution in [-0.2, 0) is 13.5 Å². The Bertz CT molecular complexity index is 595. The van der Waals surface area contributed by atoms with Crippen LogP contribution in [0.2, 0.25) is 0 Å². The van der Waals surface area contributed by atoms with Crippen molar-refractivity contribution >= 4 is 5.97 Å². The standard InChI is InChI=1S/C13H13FN2O3/c1-16-4-3-15-12(16)2-5-19-11-7-9(13(17)18)6-10(14)8-11/h3-4,6-8H,2,5H2,1H3,(H,17,18). The zero-order valence-electron chi connectivity index (χ0n) is 10.3. The predicted octanol–water partition coefficient (Wildman–Crippen LogP) is 1.88. The van der Waals surface area contributed by atoms with Crippen LogP contribution in [0.25, 0.3) is 0 Å². The fraction of sp³-hybridized carbons (Fsp3) is 0.231. The lowest BCUT2D eigenvalue weighted by atomic mass is 10.2. The number of imidazole rings is 1. The van der Waals surface area contributed by atoms with Gasteiger partial charge >= 0.3 is 5.97 Å². The zero-order valence-corrected chi connectivity index (χ0v) is 10.3. The average molecular weight is 264 g/mol. The molecule has 100 valence electrons. The number of benzene rings is 1. The second kappa shape index (κ2) is 5.51. The fourth-order valence-electron chi connectivity index (χ4n) is 1.67. The van der Waals surface area contributed by atoms with Crippen molar-refractivity contribution in [3.8, 4) is 5.75 Å². The molecule has 0 amide bonds. The Hall–Kier alpha value is -2.37. The highest BCUT2D eigenvalue weighted by Crippen LogP contribution is 2.16. The summed E-state index contributed by atoms with van der Waals surface area (Å²) in [6.07, 6.45) is 4.06. The van der Waals surface area contributed by atoms with Gasteiger partial charge in [-0.15, -0.1) is 0 Å².